The van der Waals surface area contributed by atoms with E-state index in [0.717, 1.165) is 6.21 Å². The maximum atomic E-state index is 10.9. The number of hydrogen-bond donors (Lipinski definition) is 2. The molecule has 76 valence electrons. The molecule has 0 aromatic carbocycles. The van der Waals surface area contributed by atoms with E-state index in [9.17, 15) is 4.79 Å². The Kier molecular flexibility index (Phi) is 9.60. The smallest absolute Gasteiger partial charge is 0.341 e. The van der Waals surface area contributed by atoms with E-state index < -0.39 is 5.97 Å². The van der Waals surface area contributed by atoms with Crippen molar-refractivity contribution in [2.45, 2.75) is 27.7 Å². The third-order valence-corrected chi connectivity index (χ3v) is 1.06. The molecule has 0 aliphatic carbocycles. The Morgan fingerprint density at radius 3 is 2.23 bits per heavy atom. The molecule has 0 aliphatic heterocycles. The molecule has 0 aromatic heterocycles. The van der Waals surface area contributed by atoms with Crippen LogP contribution in [0.1, 0.15) is 27.7 Å². The van der Waals surface area contributed by atoms with E-state index in [1.165, 1.54) is 0 Å². The molecule has 0 saturated heterocycles. The standard InChI is InChI=1S/C7H12N2O2.C2H6/c1-3-11-7(10)6(4-8)5(2)9;1-2/h4,8H,3,9H2,1-2H3;1-2H3/b6-5+,8-4?;. The van der Waals surface area contributed by atoms with Crippen LogP contribution < -0.4 is 5.73 Å². The van der Waals surface area contributed by atoms with Gasteiger partial charge >= 0.3 is 5.97 Å². The fraction of sp³-hybridized carbons (Fsp3) is 0.556. The summed E-state index contributed by atoms with van der Waals surface area (Å²) in [4.78, 5) is 10.9. The van der Waals surface area contributed by atoms with Gasteiger partial charge in [-0.3, -0.25) is 0 Å². The lowest BCUT2D eigenvalue weighted by Crippen LogP contribution is -2.13. The number of hydrogen-bond acceptors (Lipinski definition) is 4. The highest BCUT2D eigenvalue weighted by molar-refractivity contribution is 6.09. The molecule has 0 heterocycles. The minimum atomic E-state index is -0.539. The summed E-state index contributed by atoms with van der Waals surface area (Å²) in [6.45, 7) is 7.55. The molecule has 4 heteroatoms. The number of esters is 1. The molecular weight excluding hydrogens is 168 g/mol. The first kappa shape index (κ1) is 14.2. The van der Waals surface area contributed by atoms with Gasteiger partial charge in [0.15, 0.2) is 0 Å². The average Bonchev–Trinajstić information content (AvgIpc) is 2.09. The molecule has 0 saturated carbocycles. The largest absolute Gasteiger partial charge is 0.462 e. The van der Waals surface area contributed by atoms with Crippen LogP contribution in [0.4, 0.5) is 0 Å². The molecule has 0 amide bonds. The monoisotopic (exact) mass is 186 g/mol. The van der Waals surface area contributed by atoms with E-state index in [4.69, 9.17) is 11.1 Å². The van der Waals surface area contributed by atoms with Crippen molar-refractivity contribution in [3.63, 3.8) is 0 Å². The number of rotatable bonds is 3. The first-order chi connectivity index (χ1) is 6.13. The summed E-state index contributed by atoms with van der Waals surface area (Å²) in [6.07, 6.45) is 0.896. The van der Waals surface area contributed by atoms with Crippen LogP contribution in [0.2, 0.25) is 0 Å². The zero-order chi connectivity index (χ0) is 10.9. The lowest BCUT2D eigenvalue weighted by Gasteiger charge is -2.02. The summed E-state index contributed by atoms with van der Waals surface area (Å²) >= 11 is 0. The van der Waals surface area contributed by atoms with Crippen LogP contribution in [0, 0.1) is 5.41 Å². The minimum Gasteiger partial charge on any atom is -0.462 e. The van der Waals surface area contributed by atoms with Crippen LogP contribution >= 0.6 is 0 Å². The molecule has 0 rings (SSSR count). The van der Waals surface area contributed by atoms with Gasteiger partial charge in [-0.2, -0.15) is 0 Å². The van der Waals surface area contributed by atoms with Gasteiger partial charge in [-0.05, 0) is 13.8 Å². The predicted octanol–water partition coefficient (Wildman–Crippen LogP) is 1.46. The summed E-state index contributed by atoms with van der Waals surface area (Å²) in [7, 11) is 0. The van der Waals surface area contributed by atoms with Crippen LogP contribution in [0.5, 0.6) is 0 Å². The fourth-order valence-corrected chi connectivity index (χ4v) is 0.543. The predicted molar refractivity (Wildman–Crippen MR) is 53.7 cm³/mol. The van der Waals surface area contributed by atoms with Crippen LogP contribution in [0.3, 0.4) is 0 Å². The van der Waals surface area contributed by atoms with Crippen LogP contribution in [-0.4, -0.2) is 18.8 Å². The molecule has 3 N–H and O–H groups in total. The van der Waals surface area contributed by atoms with Crippen molar-refractivity contribution < 1.29 is 9.53 Å². The van der Waals surface area contributed by atoms with E-state index in [2.05, 4.69) is 4.74 Å². The normalized spacial score (nSPS) is 10.5. The molecule has 0 bridgehead atoms. The number of nitrogens with two attached hydrogens (primary N) is 1. The van der Waals surface area contributed by atoms with E-state index in [-0.39, 0.29) is 5.57 Å². The van der Waals surface area contributed by atoms with Crippen molar-refractivity contribution >= 4 is 12.2 Å². The Morgan fingerprint density at radius 1 is 1.54 bits per heavy atom. The number of carbonyl (C=O) groups excluding carboxylic acids is 1. The van der Waals surface area contributed by atoms with Gasteiger partial charge in [0.05, 0.1) is 12.2 Å². The van der Waals surface area contributed by atoms with E-state index in [1.807, 2.05) is 13.8 Å². The van der Waals surface area contributed by atoms with Crippen molar-refractivity contribution in [2.75, 3.05) is 6.61 Å². The molecule has 0 radical (unpaired) electrons. The van der Waals surface area contributed by atoms with Gasteiger partial charge in [0.1, 0.15) is 0 Å². The summed E-state index contributed by atoms with van der Waals surface area (Å²) in [5, 5.41) is 6.84. The van der Waals surface area contributed by atoms with Gasteiger partial charge < -0.3 is 15.9 Å². The van der Waals surface area contributed by atoms with E-state index in [1.54, 1.807) is 13.8 Å². The van der Waals surface area contributed by atoms with Crippen LogP contribution in [0.15, 0.2) is 11.3 Å². The number of ether oxygens (including phenoxy) is 1. The zero-order valence-corrected chi connectivity index (χ0v) is 8.68. The quantitative estimate of drug-likeness (QED) is 0.398. The van der Waals surface area contributed by atoms with Crippen molar-refractivity contribution in [3.8, 4) is 0 Å². The van der Waals surface area contributed by atoms with Gasteiger partial charge in [-0.25, -0.2) is 4.79 Å². The Balaban J connectivity index is 0. The van der Waals surface area contributed by atoms with Crippen molar-refractivity contribution in [1.82, 2.24) is 0 Å². The average molecular weight is 186 g/mol. The molecule has 0 unspecified atom stereocenters. The lowest BCUT2D eigenvalue weighted by atomic mass is 10.2. The first-order valence-corrected chi connectivity index (χ1v) is 4.27. The van der Waals surface area contributed by atoms with Crippen molar-refractivity contribution in [2.24, 2.45) is 5.73 Å². The molecule has 0 aromatic rings. The lowest BCUT2D eigenvalue weighted by molar-refractivity contribution is -0.137. The molecule has 0 spiro atoms. The van der Waals surface area contributed by atoms with Gasteiger partial charge in [0.25, 0.3) is 0 Å². The first-order valence-electron chi connectivity index (χ1n) is 4.27. The summed E-state index contributed by atoms with van der Waals surface area (Å²) in [5.41, 5.74) is 5.73. The Bertz CT molecular complexity index is 194. The van der Waals surface area contributed by atoms with E-state index in [0.29, 0.717) is 12.3 Å². The fourth-order valence-electron chi connectivity index (χ4n) is 0.543. The second-order valence-electron chi connectivity index (χ2n) is 1.96. The van der Waals surface area contributed by atoms with Gasteiger partial charge in [0.2, 0.25) is 0 Å². The minimum absolute atomic E-state index is 0.117. The highest BCUT2D eigenvalue weighted by atomic mass is 16.5. The Hall–Kier alpha value is -1.32. The SMILES string of the molecule is CC.CCOC(=O)/C(C=N)=C(\C)N. The van der Waals surface area contributed by atoms with E-state index >= 15 is 0 Å². The maximum absolute atomic E-state index is 10.9. The molecule has 0 fully saturated rings. The second-order valence-corrected chi connectivity index (χ2v) is 1.96. The van der Waals surface area contributed by atoms with Crippen LogP contribution in [0.25, 0.3) is 0 Å². The molecule has 13 heavy (non-hydrogen) atoms. The number of allylic oxidation sites excluding steroid dienone is 1. The number of nitrogens with one attached hydrogen (secondary N) is 1. The highest BCUT2D eigenvalue weighted by Gasteiger charge is 2.08. The second kappa shape index (κ2) is 8.77. The van der Waals surface area contributed by atoms with Crippen LogP contribution in [-0.2, 0) is 9.53 Å². The summed E-state index contributed by atoms with van der Waals surface area (Å²) in [5.74, 6) is -0.539. The molecule has 4 nitrogen and oxygen atoms in total. The molecule has 0 atom stereocenters. The third kappa shape index (κ3) is 5.90. The van der Waals surface area contributed by atoms with Crippen molar-refractivity contribution in [1.29, 1.82) is 5.41 Å². The number of carbonyl (C=O) groups is 1. The Labute approximate surface area is 79.3 Å². The van der Waals surface area contributed by atoms with Crippen molar-refractivity contribution in [3.05, 3.63) is 11.3 Å². The van der Waals surface area contributed by atoms with Gasteiger partial charge in [0, 0.05) is 11.9 Å². The topological polar surface area (TPSA) is 76.2 Å². The summed E-state index contributed by atoms with van der Waals surface area (Å²) in [6, 6.07) is 0. The third-order valence-electron chi connectivity index (χ3n) is 1.06. The molecular formula is C9H18N2O2. The zero-order valence-electron chi connectivity index (χ0n) is 8.68. The van der Waals surface area contributed by atoms with Gasteiger partial charge in [-0.15, -0.1) is 0 Å². The Morgan fingerprint density at radius 2 is 2.00 bits per heavy atom. The molecule has 0 aliphatic rings. The highest BCUT2D eigenvalue weighted by Crippen LogP contribution is 1.97. The maximum Gasteiger partial charge on any atom is 0.341 e. The summed E-state index contributed by atoms with van der Waals surface area (Å²) < 4.78 is 4.63. The van der Waals surface area contributed by atoms with Gasteiger partial charge in [-0.1, -0.05) is 13.8 Å².